The van der Waals surface area contributed by atoms with Crippen molar-refractivity contribution in [3.8, 4) is 0 Å². The van der Waals surface area contributed by atoms with Crippen molar-refractivity contribution in [2.75, 3.05) is 36.5 Å². The average Bonchev–Trinajstić information content (AvgIpc) is 3.82. The Balaban J connectivity index is 0.000000167. The number of hydrogen-bond donors (Lipinski definition) is 2. The zero-order chi connectivity index (χ0) is 41.8. The number of aliphatic hydroxyl groups excluding tert-OH is 1. The summed E-state index contributed by atoms with van der Waals surface area (Å²) in [4.78, 5) is 1.69. The molecule has 0 bridgehead atoms. The summed E-state index contributed by atoms with van der Waals surface area (Å²) >= 11 is 0. The highest BCUT2D eigenvalue weighted by molar-refractivity contribution is 5.67. The van der Waals surface area contributed by atoms with Crippen LogP contribution >= 0.6 is 0 Å². The molecular weight excluding hydrogens is 742 g/mol. The van der Waals surface area contributed by atoms with Gasteiger partial charge < -0.3 is 20.1 Å². The van der Waals surface area contributed by atoms with Gasteiger partial charge in [-0.3, -0.25) is 0 Å². The van der Waals surface area contributed by atoms with E-state index in [0.29, 0.717) is 19.1 Å². The van der Waals surface area contributed by atoms with Crippen LogP contribution in [-0.2, 0) is 28.4 Å². The number of anilines is 2. The highest BCUT2D eigenvalue weighted by Crippen LogP contribution is 2.48. The number of para-hydroxylation sites is 2. The summed E-state index contributed by atoms with van der Waals surface area (Å²) in [5.41, 5.74) is 13.8. The summed E-state index contributed by atoms with van der Waals surface area (Å²) in [7, 11) is 0. The van der Waals surface area contributed by atoms with Crippen molar-refractivity contribution in [3.05, 3.63) is 201 Å². The molecule has 4 nitrogen and oxygen atoms in total. The minimum absolute atomic E-state index is 0.00356. The Hall–Kier alpha value is -5.37. The summed E-state index contributed by atoms with van der Waals surface area (Å²) in [5, 5.41) is 13.5. The van der Waals surface area contributed by atoms with Gasteiger partial charge in [-0.05, 0) is 93.0 Å². The van der Waals surface area contributed by atoms with Gasteiger partial charge in [0, 0.05) is 35.3 Å². The van der Waals surface area contributed by atoms with E-state index in [-0.39, 0.29) is 5.41 Å². The summed E-state index contributed by atoms with van der Waals surface area (Å²) in [5.74, 6) is 0. The van der Waals surface area contributed by atoms with Gasteiger partial charge in [-0.2, -0.15) is 13.2 Å². The maximum atomic E-state index is 13.2. The molecule has 2 N–H and O–H groups in total. The molecule has 6 aromatic carbocycles. The number of ether oxygens (including phenoxy) is 1. The molecule has 3 aliphatic rings. The standard InChI is InChI=1S/C26H26F3NO.C23H23N.C3H6O/c1-18-7-5-9-20(13-18)15-25(21-10-6-8-19(2)14-21)17-30(16-24(31)26(27,28)29)23-12-4-3-11-22(23)25;1-17-7-5-9-19(13-17)15-23(20-10-6-8-18(2)14-20)16-24-22-12-4-3-11-21(22)23;1-3-2-4-3/h3-14,24,31H,15-17H2,1-2H3;3-14,24H,15-16H2,1-2H3;3H,2H2,1H3/t24-,25?;;/m1../s1. The first-order valence-electron chi connectivity index (χ1n) is 20.6. The monoisotopic (exact) mass is 796 g/mol. The number of aryl methyl sites for hydroxylation is 4. The van der Waals surface area contributed by atoms with E-state index in [0.717, 1.165) is 53.1 Å². The Bertz CT molecular complexity index is 2370. The van der Waals surface area contributed by atoms with Crippen LogP contribution in [-0.4, -0.2) is 49.7 Å². The molecule has 0 spiro atoms. The second-order valence-electron chi connectivity index (χ2n) is 16.7. The van der Waals surface area contributed by atoms with Gasteiger partial charge in [0.1, 0.15) is 0 Å². The average molecular weight is 797 g/mol. The number of epoxide rings is 1. The fourth-order valence-corrected chi connectivity index (χ4v) is 8.86. The molecule has 59 heavy (non-hydrogen) atoms. The Morgan fingerprint density at radius 2 is 1.14 bits per heavy atom. The van der Waals surface area contributed by atoms with Crippen LogP contribution in [0.5, 0.6) is 0 Å². The predicted molar refractivity (Wildman–Crippen MR) is 235 cm³/mol. The van der Waals surface area contributed by atoms with Crippen LogP contribution in [0, 0.1) is 27.7 Å². The zero-order valence-electron chi connectivity index (χ0n) is 34.7. The topological polar surface area (TPSA) is 48.0 Å². The summed E-state index contributed by atoms with van der Waals surface area (Å²) in [6.45, 7) is 12.3. The third-order valence-electron chi connectivity index (χ3n) is 11.8. The van der Waals surface area contributed by atoms with E-state index in [1.165, 1.54) is 33.5 Å². The van der Waals surface area contributed by atoms with Gasteiger partial charge in [-0.25, -0.2) is 0 Å². The van der Waals surface area contributed by atoms with Crippen molar-refractivity contribution in [3.63, 3.8) is 0 Å². The number of nitrogens with zero attached hydrogens (tertiary/aromatic N) is 1. The van der Waals surface area contributed by atoms with Crippen molar-refractivity contribution in [1.82, 2.24) is 0 Å². The van der Waals surface area contributed by atoms with Crippen LogP contribution in [0.15, 0.2) is 146 Å². The zero-order valence-corrected chi connectivity index (χ0v) is 34.7. The number of rotatable bonds is 8. The number of halogens is 3. The predicted octanol–water partition coefficient (Wildman–Crippen LogP) is 11.2. The van der Waals surface area contributed by atoms with E-state index in [9.17, 15) is 18.3 Å². The first-order valence-corrected chi connectivity index (χ1v) is 20.6. The Kier molecular flexibility index (Phi) is 12.4. The molecule has 6 aromatic rings. The number of alkyl halides is 3. The summed E-state index contributed by atoms with van der Waals surface area (Å²) in [6.07, 6.45) is -4.79. The lowest BCUT2D eigenvalue weighted by Gasteiger charge is -2.33. The summed E-state index contributed by atoms with van der Waals surface area (Å²) < 4.78 is 44.2. The summed E-state index contributed by atoms with van der Waals surface area (Å²) in [6, 6.07) is 50.8. The highest BCUT2D eigenvalue weighted by Gasteiger charge is 2.47. The van der Waals surface area contributed by atoms with Gasteiger partial charge in [0.05, 0.1) is 19.3 Å². The van der Waals surface area contributed by atoms with Gasteiger partial charge in [0.2, 0.25) is 0 Å². The molecule has 0 radical (unpaired) electrons. The maximum Gasteiger partial charge on any atom is 0.416 e. The van der Waals surface area contributed by atoms with E-state index in [1.54, 1.807) is 4.90 Å². The van der Waals surface area contributed by atoms with Crippen molar-refractivity contribution >= 4 is 11.4 Å². The van der Waals surface area contributed by atoms with Crippen molar-refractivity contribution in [2.24, 2.45) is 0 Å². The van der Waals surface area contributed by atoms with Gasteiger partial charge in [-0.1, -0.05) is 156 Å². The second kappa shape index (κ2) is 17.5. The number of nitrogens with one attached hydrogen (secondary N) is 1. The molecule has 9 rings (SSSR count). The fourth-order valence-electron chi connectivity index (χ4n) is 8.86. The lowest BCUT2D eigenvalue weighted by Crippen LogP contribution is -2.44. The lowest BCUT2D eigenvalue weighted by atomic mass is 9.71. The molecular formula is C52H55F3N2O2. The van der Waals surface area contributed by atoms with Crippen LogP contribution in [0.1, 0.15) is 62.6 Å². The minimum Gasteiger partial charge on any atom is -0.384 e. The van der Waals surface area contributed by atoms with E-state index in [1.807, 2.05) is 62.4 Å². The van der Waals surface area contributed by atoms with Crippen LogP contribution in [0.2, 0.25) is 0 Å². The van der Waals surface area contributed by atoms with Crippen molar-refractivity contribution < 1.29 is 23.0 Å². The van der Waals surface area contributed by atoms with Gasteiger partial charge in [-0.15, -0.1) is 0 Å². The molecule has 306 valence electrons. The number of β-amino-alcohol motifs (C(OH)–C–C–N with tert-alkyl or cyclic N) is 1. The molecule has 3 unspecified atom stereocenters. The Morgan fingerprint density at radius 3 is 1.66 bits per heavy atom. The Labute approximate surface area is 347 Å². The van der Waals surface area contributed by atoms with E-state index < -0.39 is 24.2 Å². The first kappa shape index (κ1) is 41.8. The maximum absolute atomic E-state index is 13.2. The van der Waals surface area contributed by atoms with Gasteiger partial charge in [0.15, 0.2) is 6.10 Å². The van der Waals surface area contributed by atoms with Crippen LogP contribution in [0.25, 0.3) is 0 Å². The molecule has 7 heteroatoms. The van der Waals surface area contributed by atoms with Crippen molar-refractivity contribution in [1.29, 1.82) is 0 Å². The first-order chi connectivity index (χ1) is 28.3. The highest BCUT2D eigenvalue weighted by atomic mass is 19.4. The van der Waals surface area contributed by atoms with Gasteiger partial charge in [0.25, 0.3) is 0 Å². The molecule has 1 saturated heterocycles. The second-order valence-corrected chi connectivity index (χ2v) is 16.7. The van der Waals surface area contributed by atoms with Crippen LogP contribution in [0.3, 0.4) is 0 Å². The molecule has 4 atom stereocenters. The third-order valence-corrected chi connectivity index (χ3v) is 11.8. The molecule has 1 fully saturated rings. The third kappa shape index (κ3) is 9.59. The number of hydrogen-bond acceptors (Lipinski definition) is 4. The Morgan fingerprint density at radius 1 is 0.661 bits per heavy atom. The van der Waals surface area contributed by atoms with E-state index in [4.69, 9.17) is 4.74 Å². The molecule has 0 aromatic heterocycles. The van der Waals surface area contributed by atoms with Gasteiger partial charge >= 0.3 is 6.18 Å². The quantitative estimate of drug-likeness (QED) is 0.151. The lowest BCUT2D eigenvalue weighted by molar-refractivity contribution is -0.200. The number of aliphatic hydroxyl groups is 1. The molecule has 0 aliphatic carbocycles. The smallest absolute Gasteiger partial charge is 0.384 e. The van der Waals surface area contributed by atoms with Crippen LogP contribution in [0.4, 0.5) is 24.5 Å². The number of fused-ring (bicyclic) bond motifs is 2. The van der Waals surface area contributed by atoms with Crippen molar-refractivity contribution in [2.45, 2.75) is 76.7 Å². The number of benzene rings is 6. The fraction of sp³-hybridized carbons (Fsp3) is 0.308. The van der Waals surface area contributed by atoms with Crippen LogP contribution < -0.4 is 10.2 Å². The van der Waals surface area contributed by atoms with E-state index in [2.05, 4.69) is 123 Å². The minimum atomic E-state index is -4.65. The largest absolute Gasteiger partial charge is 0.416 e. The molecule has 0 amide bonds. The van der Waals surface area contributed by atoms with E-state index >= 15 is 0 Å². The normalized spacial score (nSPS) is 20.6. The molecule has 3 aliphatic heterocycles. The molecule has 3 heterocycles. The molecule has 0 saturated carbocycles. The SMILES string of the molecule is CC1CO1.Cc1cccc(CC2(c3cccc(C)c3)CN(C[C@@H](O)C(F)(F)F)c3ccccc32)c1.Cc1cccc(CC2(c3cccc(C)c3)CNc3ccccc32)c1.